The first-order valence-corrected chi connectivity index (χ1v) is 12.8. The van der Waals surface area contributed by atoms with Crippen molar-refractivity contribution in [3.63, 3.8) is 0 Å². The standard InChI is InChI=1S/C24H27ClF3N5O5S/c1-23(2,13-34)30-21(36)19(14-5-4-6-15(11-14)24(26,27)28)29-18(35)12-33-22(37)32(9-10-38-3)20(31-33)16-7-8-17(25)39-16/h4-8,11,19,34H,9-10,12-13H2,1-3H3,(H,29,35)(H,30,36). The van der Waals surface area contributed by atoms with Gasteiger partial charge in [-0.15, -0.1) is 16.4 Å². The summed E-state index contributed by atoms with van der Waals surface area (Å²) < 4.78 is 47.7. The number of halogens is 4. The molecule has 10 nitrogen and oxygen atoms in total. The number of carbonyl (C=O) groups excluding carboxylic acids is 2. The molecule has 0 spiro atoms. The molecular formula is C24H27ClF3N5O5S. The van der Waals surface area contributed by atoms with Crippen molar-refractivity contribution in [3.05, 3.63) is 62.3 Å². The maximum Gasteiger partial charge on any atom is 0.416 e. The van der Waals surface area contributed by atoms with Gasteiger partial charge in [0.15, 0.2) is 5.82 Å². The molecule has 3 N–H and O–H groups in total. The van der Waals surface area contributed by atoms with E-state index >= 15 is 0 Å². The Morgan fingerprint density at radius 2 is 1.95 bits per heavy atom. The SMILES string of the molecule is COCCn1c(-c2ccc(Cl)s2)nn(CC(=O)NC(C(=O)NC(C)(C)CO)c2cccc(C(F)(F)F)c2)c1=O. The highest BCUT2D eigenvalue weighted by Crippen LogP contribution is 2.31. The van der Waals surface area contributed by atoms with Gasteiger partial charge in [0.05, 0.1) is 40.1 Å². The van der Waals surface area contributed by atoms with E-state index in [1.165, 1.54) is 42.9 Å². The fourth-order valence-electron chi connectivity index (χ4n) is 3.53. The number of ether oxygens (including phenoxy) is 1. The van der Waals surface area contributed by atoms with Crippen LogP contribution in [0, 0.1) is 0 Å². The maximum atomic E-state index is 13.3. The second kappa shape index (κ2) is 12.3. The van der Waals surface area contributed by atoms with Gasteiger partial charge in [0.2, 0.25) is 11.8 Å². The molecule has 39 heavy (non-hydrogen) atoms. The van der Waals surface area contributed by atoms with E-state index in [9.17, 15) is 32.7 Å². The number of carbonyl (C=O) groups is 2. The smallest absolute Gasteiger partial charge is 0.394 e. The molecule has 0 fully saturated rings. The van der Waals surface area contributed by atoms with Crippen molar-refractivity contribution in [3.8, 4) is 10.7 Å². The number of aromatic nitrogens is 3. The first-order valence-electron chi connectivity index (χ1n) is 11.6. The molecule has 0 aliphatic rings. The Morgan fingerprint density at radius 3 is 2.54 bits per heavy atom. The van der Waals surface area contributed by atoms with E-state index in [1.54, 1.807) is 12.1 Å². The minimum absolute atomic E-state index is 0.132. The normalized spacial score (nSPS) is 12.8. The molecule has 0 aliphatic carbocycles. The molecule has 15 heteroatoms. The third-order valence-electron chi connectivity index (χ3n) is 5.50. The predicted molar refractivity (Wildman–Crippen MR) is 138 cm³/mol. The van der Waals surface area contributed by atoms with Crippen LogP contribution >= 0.6 is 22.9 Å². The van der Waals surface area contributed by atoms with Crippen LogP contribution in [0.15, 0.2) is 41.2 Å². The molecular weight excluding hydrogens is 563 g/mol. The third kappa shape index (κ3) is 7.68. The number of rotatable bonds is 11. The first-order chi connectivity index (χ1) is 18.3. The fraction of sp³-hybridized carbons (Fsp3) is 0.417. The number of hydrogen-bond donors (Lipinski definition) is 3. The van der Waals surface area contributed by atoms with E-state index in [0.29, 0.717) is 9.21 Å². The van der Waals surface area contributed by atoms with Gasteiger partial charge in [0, 0.05) is 7.11 Å². The Kier molecular flexibility index (Phi) is 9.59. The summed E-state index contributed by atoms with van der Waals surface area (Å²) in [4.78, 5) is 39.7. The molecule has 2 heterocycles. The molecule has 1 atom stereocenters. The zero-order chi connectivity index (χ0) is 29.0. The van der Waals surface area contributed by atoms with Gasteiger partial charge in [-0.05, 0) is 43.7 Å². The number of nitrogens with one attached hydrogen (secondary N) is 2. The van der Waals surface area contributed by atoms with Gasteiger partial charge in [0.25, 0.3) is 0 Å². The summed E-state index contributed by atoms with van der Waals surface area (Å²) in [5.74, 6) is -1.46. The van der Waals surface area contributed by atoms with E-state index in [2.05, 4.69) is 15.7 Å². The van der Waals surface area contributed by atoms with Gasteiger partial charge >= 0.3 is 11.9 Å². The molecule has 0 saturated heterocycles. The molecule has 0 aliphatic heterocycles. The summed E-state index contributed by atoms with van der Waals surface area (Å²) in [5, 5.41) is 18.7. The van der Waals surface area contributed by atoms with Crippen LogP contribution in [0.1, 0.15) is 31.0 Å². The van der Waals surface area contributed by atoms with Crippen LogP contribution in [0.4, 0.5) is 13.2 Å². The molecule has 0 bridgehead atoms. The summed E-state index contributed by atoms with van der Waals surface area (Å²) in [6, 6.07) is 5.69. The average Bonchev–Trinajstić information content (AvgIpc) is 3.43. The number of nitrogens with zero attached hydrogens (tertiary/aromatic N) is 3. The summed E-state index contributed by atoms with van der Waals surface area (Å²) >= 11 is 7.20. The lowest BCUT2D eigenvalue weighted by Gasteiger charge is -2.27. The Morgan fingerprint density at radius 1 is 1.23 bits per heavy atom. The number of alkyl halides is 3. The topological polar surface area (TPSA) is 127 Å². The lowest BCUT2D eigenvalue weighted by Crippen LogP contribution is -2.51. The minimum Gasteiger partial charge on any atom is -0.394 e. The van der Waals surface area contributed by atoms with Crippen molar-refractivity contribution < 1.29 is 32.6 Å². The Balaban J connectivity index is 1.93. The van der Waals surface area contributed by atoms with Crippen LogP contribution in [0.5, 0.6) is 0 Å². The van der Waals surface area contributed by atoms with Gasteiger partial charge in [-0.2, -0.15) is 13.2 Å². The van der Waals surface area contributed by atoms with Gasteiger partial charge < -0.3 is 20.5 Å². The highest BCUT2D eigenvalue weighted by molar-refractivity contribution is 7.19. The minimum atomic E-state index is -4.69. The van der Waals surface area contributed by atoms with Crippen molar-refractivity contribution in [2.24, 2.45) is 0 Å². The molecule has 2 aromatic heterocycles. The Bertz CT molecular complexity index is 1380. The summed E-state index contributed by atoms with van der Waals surface area (Å²) in [7, 11) is 1.46. The molecule has 3 aromatic rings. The second-order valence-electron chi connectivity index (χ2n) is 9.17. The van der Waals surface area contributed by atoms with E-state index in [1.807, 2.05) is 0 Å². The van der Waals surface area contributed by atoms with Crippen molar-refractivity contribution in [1.82, 2.24) is 25.0 Å². The van der Waals surface area contributed by atoms with Crippen LogP contribution in [0.2, 0.25) is 4.34 Å². The summed E-state index contributed by atoms with van der Waals surface area (Å²) in [5.41, 5.74) is -2.92. The number of aliphatic hydroxyl groups is 1. The van der Waals surface area contributed by atoms with E-state index in [4.69, 9.17) is 16.3 Å². The van der Waals surface area contributed by atoms with Gasteiger partial charge in [-0.25, -0.2) is 9.48 Å². The second-order valence-corrected chi connectivity index (χ2v) is 10.9. The Hall–Kier alpha value is -3.20. The van der Waals surface area contributed by atoms with Crippen LogP contribution in [-0.4, -0.2) is 57.1 Å². The molecule has 212 valence electrons. The van der Waals surface area contributed by atoms with E-state index in [-0.39, 0.29) is 24.5 Å². The predicted octanol–water partition coefficient (Wildman–Crippen LogP) is 2.84. The lowest BCUT2D eigenvalue weighted by molar-refractivity contribution is -0.137. The zero-order valence-corrected chi connectivity index (χ0v) is 22.8. The van der Waals surface area contributed by atoms with Gasteiger partial charge in [-0.1, -0.05) is 23.7 Å². The number of amides is 2. The molecule has 0 saturated carbocycles. The van der Waals surface area contributed by atoms with Crippen LogP contribution < -0.4 is 16.3 Å². The molecule has 1 aromatic carbocycles. The van der Waals surface area contributed by atoms with Crippen LogP contribution in [-0.2, 0) is 33.6 Å². The quantitative estimate of drug-likeness (QED) is 0.316. The van der Waals surface area contributed by atoms with Crippen LogP contribution in [0.3, 0.4) is 0 Å². The molecule has 0 radical (unpaired) electrons. The first kappa shape index (κ1) is 30.3. The van der Waals surface area contributed by atoms with E-state index < -0.39 is 54.0 Å². The lowest BCUT2D eigenvalue weighted by atomic mass is 10.0. The van der Waals surface area contributed by atoms with Gasteiger partial charge in [-0.3, -0.25) is 14.2 Å². The molecule has 1 unspecified atom stereocenters. The number of methoxy groups -OCH3 is 1. The van der Waals surface area contributed by atoms with Gasteiger partial charge in [0.1, 0.15) is 12.6 Å². The number of thiophene rings is 1. The average molecular weight is 590 g/mol. The van der Waals surface area contributed by atoms with Crippen molar-refractivity contribution in [2.75, 3.05) is 20.3 Å². The highest BCUT2D eigenvalue weighted by atomic mass is 35.5. The number of benzene rings is 1. The van der Waals surface area contributed by atoms with Crippen molar-refractivity contribution in [2.45, 2.75) is 44.7 Å². The van der Waals surface area contributed by atoms with Crippen molar-refractivity contribution in [1.29, 1.82) is 0 Å². The summed E-state index contributed by atoms with van der Waals surface area (Å²) in [6.45, 7) is 2.22. The van der Waals surface area contributed by atoms with Crippen molar-refractivity contribution >= 4 is 34.8 Å². The largest absolute Gasteiger partial charge is 0.416 e. The number of hydrogen-bond acceptors (Lipinski definition) is 7. The Labute approximate surface area is 230 Å². The maximum absolute atomic E-state index is 13.3. The summed E-state index contributed by atoms with van der Waals surface area (Å²) in [6.07, 6.45) is -4.69. The fourth-order valence-corrected chi connectivity index (χ4v) is 4.56. The molecule has 2 amide bonds. The monoisotopic (exact) mass is 589 g/mol. The molecule has 3 rings (SSSR count). The van der Waals surface area contributed by atoms with E-state index in [0.717, 1.165) is 22.9 Å². The third-order valence-corrected chi connectivity index (χ3v) is 6.73. The van der Waals surface area contributed by atoms with Crippen LogP contribution in [0.25, 0.3) is 10.7 Å². The highest BCUT2D eigenvalue weighted by Gasteiger charge is 2.33. The zero-order valence-electron chi connectivity index (χ0n) is 21.2. The number of aliphatic hydroxyl groups excluding tert-OH is 1.